The van der Waals surface area contributed by atoms with E-state index in [9.17, 15) is 0 Å². The van der Waals surface area contributed by atoms with E-state index < -0.39 is 0 Å². The summed E-state index contributed by atoms with van der Waals surface area (Å²) in [5, 5.41) is 6.33. The molecule has 2 nitrogen and oxygen atoms in total. The summed E-state index contributed by atoms with van der Waals surface area (Å²) in [6, 6.07) is 9.05. The molecule has 1 aromatic carbocycles. The minimum absolute atomic E-state index is 0.623. The van der Waals surface area contributed by atoms with Crippen LogP contribution in [0.2, 0.25) is 0 Å². The molecule has 0 spiro atoms. The van der Waals surface area contributed by atoms with Gasteiger partial charge in [0.25, 0.3) is 0 Å². The molecular formula is C16H22N2S. The molecule has 0 aliphatic heterocycles. The summed E-state index contributed by atoms with van der Waals surface area (Å²) >= 11 is 1.61. The van der Waals surface area contributed by atoms with Crippen molar-refractivity contribution in [3.8, 4) is 0 Å². The van der Waals surface area contributed by atoms with Crippen LogP contribution in [-0.4, -0.2) is 10.4 Å². The Balaban J connectivity index is 1.83. The highest BCUT2D eigenvalue weighted by Crippen LogP contribution is 2.35. The topological polar surface area (TPSA) is 24.9 Å². The molecular weight excluding hydrogens is 252 g/mol. The van der Waals surface area contributed by atoms with Gasteiger partial charge in [-0.1, -0.05) is 38.8 Å². The van der Waals surface area contributed by atoms with Crippen LogP contribution in [0.3, 0.4) is 0 Å². The molecule has 1 fully saturated rings. The predicted octanol–water partition coefficient (Wildman–Crippen LogP) is 4.92. The molecule has 2 aromatic rings. The van der Waals surface area contributed by atoms with E-state index in [4.69, 9.17) is 0 Å². The lowest BCUT2D eigenvalue weighted by atomic mass is 9.78. The van der Waals surface area contributed by atoms with Crippen molar-refractivity contribution in [2.24, 2.45) is 11.8 Å². The van der Waals surface area contributed by atoms with Crippen LogP contribution in [0.5, 0.6) is 0 Å². The van der Waals surface area contributed by atoms with Crippen molar-refractivity contribution in [1.29, 1.82) is 0 Å². The van der Waals surface area contributed by atoms with Crippen LogP contribution in [0.4, 0.5) is 5.00 Å². The highest BCUT2D eigenvalue weighted by Gasteiger charge is 2.28. The van der Waals surface area contributed by atoms with Gasteiger partial charge in [0.1, 0.15) is 5.00 Å². The predicted molar refractivity (Wildman–Crippen MR) is 83.8 cm³/mol. The number of aromatic nitrogens is 1. The Morgan fingerprint density at radius 1 is 1.21 bits per heavy atom. The second kappa shape index (κ2) is 5.49. The molecule has 1 saturated carbocycles. The van der Waals surface area contributed by atoms with Gasteiger partial charge in [-0.05, 0) is 48.3 Å². The molecule has 19 heavy (non-hydrogen) atoms. The molecule has 1 aromatic heterocycles. The summed E-state index contributed by atoms with van der Waals surface area (Å²) in [7, 11) is 0. The molecule has 2 unspecified atom stereocenters. The van der Waals surface area contributed by atoms with Crippen molar-refractivity contribution in [2.45, 2.75) is 45.6 Å². The zero-order valence-corrected chi connectivity index (χ0v) is 12.5. The molecule has 1 heterocycles. The van der Waals surface area contributed by atoms with E-state index in [2.05, 4.69) is 47.8 Å². The van der Waals surface area contributed by atoms with E-state index in [1.807, 2.05) is 0 Å². The van der Waals surface area contributed by atoms with Gasteiger partial charge >= 0.3 is 0 Å². The summed E-state index contributed by atoms with van der Waals surface area (Å²) in [5.74, 6) is 1.56. The van der Waals surface area contributed by atoms with Crippen LogP contribution >= 0.6 is 11.5 Å². The van der Waals surface area contributed by atoms with Crippen molar-refractivity contribution < 1.29 is 0 Å². The standard InChI is InChI=1S/C16H22N2S/c1-11(2)12-7-3-5-9-14(12)17-16-13-8-4-6-10-15(13)18-19-16/h4,6,8,10-12,14,17H,3,5,7,9H2,1-2H3. The number of anilines is 1. The van der Waals surface area contributed by atoms with E-state index >= 15 is 0 Å². The molecule has 1 aliphatic carbocycles. The summed E-state index contributed by atoms with van der Waals surface area (Å²) in [5.41, 5.74) is 1.12. The zero-order chi connectivity index (χ0) is 13.2. The Morgan fingerprint density at radius 2 is 2.00 bits per heavy atom. The van der Waals surface area contributed by atoms with Crippen LogP contribution in [-0.2, 0) is 0 Å². The maximum absolute atomic E-state index is 4.53. The lowest BCUT2D eigenvalue weighted by Gasteiger charge is -2.35. The molecule has 0 bridgehead atoms. The van der Waals surface area contributed by atoms with Crippen LogP contribution in [0.25, 0.3) is 10.9 Å². The molecule has 3 heteroatoms. The van der Waals surface area contributed by atoms with E-state index in [0.717, 1.165) is 17.4 Å². The fraction of sp³-hybridized carbons (Fsp3) is 0.562. The second-order valence-corrected chi connectivity index (χ2v) is 6.75. The zero-order valence-electron chi connectivity index (χ0n) is 11.7. The quantitative estimate of drug-likeness (QED) is 0.859. The SMILES string of the molecule is CC(C)C1CCCCC1Nc1snc2ccccc12. The Labute approximate surface area is 119 Å². The Hall–Kier alpha value is -1.09. The first-order valence-electron chi connectivity index (χ1n) is 7.36. The van der Waals surface area contributed by atoms with Crippen molar-refractivity contribution >= 4 is 27.4 Å². The van der Waals surface area contributed by atoms with Gasteiger partial charge in [-0.25, -0.2) is 0 Å². The maximum atomic E-state index is 4.53. The molecule has 0 saturated heterocycles. The van der Waals surface area contributed by atoms with Crippen LogP contribution < -0.4 is 5.32 Å². The Kier molecular flexibility index (Phi) is 3.74. The highest BCUT2D eigenvalue weighted by atomic mass is 32.1. The van der Waals surface area contributed by atoms with E-state index in [-0.39, 0.29) is 0 Å². The number of nitrogens with one attached hydrogen (secondary N) is 1. The Morgan fingerprint density at radius 3 is 2.84 bits per heavy atom. The fourth-order valence-corrected chi connectivity index (χ4v) is 4.12. The Bertz CT molecular complexity index is 546. The molecule has 2 atom stereocenters. The highest BCUT2D eigenvalue weighted by molar-refractivity contribution is 7.11. The first kappa shape index (κ1) is 12.9. The monoisotopic (exact) mass is 274 g/mol. The van der Waals surface area contributed by atoms with Crippen molar-refractivity contribution in [3.63, 3.8) is 0 Å². The van der Waals surface area contributed by atoms with Crippen molar-refractivity contribution in [2.75, 3.05) is 5.32 Å². The van der Waals surface area contributed by atoms with Crippen LogP contribution in [0.15, 0.2) is 24.3 Å². The van der Waals surface area contributed by atoms with Crippen molar-refractivity contribution in [1.82, 2.24) is 4.37 Å². The number of benzene rings is 1. The molecule has 1 N–H and O–H groups in total. The van der Waals surface area contributed by atoms with Gasteiger partial charge in [0.05, 0.1) is 5.52 Å². The van der Waals surface area contributed by atoms with Gasteiger partial charge in [-0.3, -0.25) is 0 Å². The van der Waals surface area contributed by atoms with E-state index in [1.54, 1.807) is 11.5 Å². The third-order valence-electron chi connectivity index (χ3n) is 4.38. The average molecular weight is 274 g/mol. The van der Waals surface area contributed by atoms with Gasteiger partial charge in [0.2, 0.25) is 0 Å². The first-order chi connectivity index (χ1) is 9.25. The summed E-state index contributed by atoms with van der Waals surface area (Å²) in [4.78, 5) is 0. The van der Waals surface area contributed by atoms with E-state index in [0.29, 0.717) is 6.04 Å². The number of rotatable bonds is 3. The number of hydrogen-bond acceptors (Lipinski definition) is 3. The minimum atomic E-state index is 0.623. The normalized spacial score (nSPS) is 23.9. The third-order valence-corrected chi connectivity index (χ3v) is 5.18. The summed E-state index contributed by atoms with van der Waals surface area (Å²) < 4.78 is 4.53. The van der Waals surface area contributed by atoms with E-state index in [1.165, 1.54) is 36.1 Å². The number of hydrogen-bond donors (Lipinski definition) is 1. The smallest absolute Gasteiger partial charge is 0.117 e. The largest absolute Gasteiger partial charge is 0.372 e. The van der Waals surface area contributed by atoms with Crippen molar-refractivity contribution in [3.05, 3.63) is 24.3 Å². The molecule has 3 rings (SSSR count). The first-order valence-corrected chi connectivity index (χ1v) is 8.14. The van der Waals surface area contributed by atoms with Crippen LogP contribution in [0, 0.1) is 11.8 Å². The van der Waals surface area contributed by atoms with Gasteiger partial charge in [0, 0.05) is 11.4 Å². The minimum Gasteiger partial charge on any atom is -0.372 e. The van der Waals surface area contributed by atoms with Gasteiger partial charge in [-0.15, -0.1) is 0 Å². The lowest BCUT2D eigenvalue weighted by molar-refractivity contribution is 0.254. The number of nitrogens with zero attached hydrogens (tertiary/aromatic N) is 1. The number of fused-ring (bicyclic) bond motifs is 1. The van der Waals surface area contributed by atoms with Gasteiger partial charge in [-0.2, -0.15) is 4.37 Å². The second-order valence-electron chi connectivity index (χ2n) is 5.97. The maximum Gasteiger partial charge on any atom is 0.117 e. The third kappa shape index (κ3) is 2.62. The lowest BCUT2D eigenvalue weighted by Crippen LogP contribution is -2.35. The molecule has 0 amide bonds. The van der Waals surface area contributed by atoms with Gasteiger partial charge in [0.15, 0.2) is 0 Å². The molecule has 0 radical (unpaired) electrons. The summed E-state index contributed by atoms with van der Waals surface area (Å²) in [6.07, 6.45) is 5.42. The summed E-state index contributed by atoms with van der Waals surface area (Å²) in [6.45, 7) is 4.71. The fourth-order valence-electron chi connectivity index (χ4n) is 3.30. The molecule has 1 aliphatic rings. The van der Waals surface area contributed by atoms with Gasteiger partial charge < -0.3 is 5.32 Å². The average Bonchev–Trinajstić information content (AvgIpc) is 2.83. The van der Waals surface area contributed by atoms with Crippen LogP contribution in [0.1, 0.15) is 39.5 Å². The molecule has 102 valence electrons.